The van der Waals surface area contributed by atoms with Crippen molar-refractivity contribution in [2.45, 2.75) is 51.0 Å². The normalized spacial score (nSPS) is 17.7. The number of hydrogen-bond acceptors (Lipinski definition) is 2. The summed E-state index contributed by atoms with van der Waals surface area (Å²) >= 11 is 0. The molecule has 1 saturated heterocycles. The molecule has 2 N–H and O–H groups in total. The molecule has 2 aromatic rings. The van der Waals surface area contributed by atoms with Crippen LogP contribution in [-0.4, -0.2) is 29.9 Å². The molecule has 0 bridgehead atoms. The molecule has 3 amide bonds. The molecule has 0 unspecified atom stereocenters. The number of nitrogens with one attached hydrogen (secondary N) is 2. The number of carbonyl (C=O) groups is 2. The van der Waals surface area contributed by atoms with E-state index in [0.717, 1.165) is 62.7 Å². The van der Waals surface area contributed by atoms with Crippen LogP contribution in [0.1, 0.15) is 60.0 Å². The molecule has 30 heavy (non-hydrogen) atoms. The molecule has 0 radical (unpaired) electrons. The predicted molar refractivity (Wildman–Crippen MR) is 115 cm³/mol. The second-order valence-electron chi connectivity index (χ2n) is 8.37. The summed E-state index contributed by atoms with van der Waals surface area (Å²) in [5.41, 5.74) is 2.32. The van der Waals surface area contributed by atoms with Gasteiger partial charge in [0.25, 0.3) is 5.91 Å². The third-order valence-corrected chi connectivity index (χ3v) is 6.33. The molecule has 0 aromatic heterocycles. The highest BCUT2D eigenvalue weighted by Gasteiger charge is 2.37. The summed E-state index contributed by atoms with van der Waals surface area (Å²) in [5.74, 6) is -0.323. The van der Waals surface area contributed by atoms with E-state index in [9.17, 15) is 14.0 Å². The number of benzene rings is 2. The van der Waals surface area contributed by atoms with E-state index in [2.05, 4.69) is 10.6 Å². The Morgan fingerprint density at radius 3 is 2.30 bits per heavy atom. The van der Waals surface area contributed by atoms with Gasteiger partial charge in [0.2, 0.25) is 0 Å². The molecule has 158 valence electrons. The molecule has 5 nitrogen and oxygen atoms in total. The molecular formula is C24H28FN3O2. The number of carbonyl (C=O) groups excluding carboxylic acids is 2. The van der Waals surface area contributed by atoms with Crippen molar-refractivity contribution in [3.63, 3.8) is 0 Å². The summed E-state index contributed by atoms with van der Waals surface area (Å²) in [4.78, 5) is 27.9. The quantitative estimate of drug-likeness (QED) is 0.750. The van der Waals surface area contributed by atoms with Crippen LogP contribution < -0.4 is 10.6 Å². The molecule has 6 heteroatoms. The van der Waals surface area contributed by atoms with E-state index in [1.807, 2.05) is 24.0 Å². The van der Waals surface area contributed by atoms with E-state index in [1.54, 1.807) is 18.2 Å². The van der Waals surface area contributed by atoms with E-state index < -0.39 is 5.54 Å². The number of aryl methyl sites for hydroxylation is 1. The van der Waals surface area contributed by atoms with Gasteiger partial charge in [-0.1, -0.05) is 37.1 Å². The van der Waals surface area contributed by atoms with Crippen LogP contribution in [0, 0.1) is 12.7 Å². The fourth-order valence-corrected chi connectivity index (χ4v) is 4.74. The van der Waals surface area contributed by atoms with Crippen LogP contribution in [0.5, 0.6) is 0 Å². The van der Waals surface area contributed by atoms with Crippen LogP contribution in [0.4, 0.5) is 14.9 Å². The van der Waals surface area contributed by atoms with E-state index in [0.29, 0.717) is 11.3 Å². The highest BCUT2D eigenvalue weighted by molar-refractivity contribution is 6.04. The zero-order chi connectivity index (χ0) is 21.1. The van der Waals surface area contributed by atoms with Crippen molar-refractivity contribution >= 4 is 17.6 Å². The van der Waals surface area contributed by atoms with Gasteiger partial charge in [0.15, 0.2) is 0 Å². The number of amides is 3. The van der Waals surface area contributed by atoms with Gasteiger partial charge in [0.1, 0.15) is 5.82 Å². The lowest BCUT2D eigenvalue weighted by molar-refractivity contribution is 0.0793. The molecule has 1 saturated carbocycles. The van der Waals surface area contributed by atoms with Crippen molar-refractivity contribution in [3.8, 4) is 0 Å². The average Bonchev–Trinajstić information content (AvgIpc) is 3.41. The van der Waals surface area contributed by atoms with E-state index in [-0.39, 0.29) is 17.8 Å². The maximum absolute atomic E-state index is 13.4. The first-order valence-electron chi connectivity index (χ1n) is 10.7. The smallest absolute Gasteiger partial charge is 0.319 e. The summed E-state index contributed by atoms with van der Waals surface area (Å²) in [7, 11) is 0. The first kappa shape index (κ1) is 20.4. The highest BCUT2D eigenvalue weighted by Crippen LogP contribution is 2.39. The largest absolute Gasteiger partial charge is 0.339 e. The monoisotopic (exact) mass is 409 g/mol. The minimum atomic E-state index is -0.513. The van der Waals surface area contributed by atoms with Gasteiger partial charge in [-0.3, -0.25) is 4.79 Å². The maximum Gasteiger partial charge on any atom is 0.319 e. The number of nitrogens with zero attached hydrogens (tertiary/aromatic N) is 1. The van der Waals surface area contributed by atoms with Gasteiger partial charge in [-0.05, 0) is 61.9 Å². The lowest BCUT2D eigenvalue weighted by Crippen LogP contribution is -2.46. The van der Waals surface area contributed by atoms with Gasteiger partial charge in [-0.25, -0.2) is 9.18 Å². The summed E-state index contributed by atoms with van der Waals surface area (Å²) in [6.45, 7) is 3.41. The van der Waals surface area contributed by atoms with Crippen molar-refractivity contribution in [2.75, 3.05) is 18.4 Å². The molecule has 0 spiro atoms. The van der Waals surface area contributed by atoms with Gasteiger partial charge in [-0.2, -0.15) is 0 Å². The predicted octanol–water partition coefficient (Wildman–Crippen LogP) is 4.96. The number of likely N-dealkylation sites (tertiary alicyclic amines) is 1. The first-order valence-corrected chi connectivity index (χ1v) is 10.7. The zero-order valence-corrected chi connectivity index (χ0v) is 17.3. The van der Waals surface area contributed by atoms with Crippen molar-refractivity contribution in [3.05, 3.63) is 65.0 Å². The van der Waals surface area contributed by atoms with E-state index >= 15 is 0 Å². The average molecular weight is 410 g/mol. The van der Waals surface area contributed by atoms with Gasteiger partial charge in [0, 0.05) is 13.1 Å². The number of halogens is 1. The van der Waals surface area contributed by atoms with E-state index in [4.69, 9.17) is 0 Å². The fourth-order valence-electron chi connectivity index (χ4n) is 4.74. The standard InChI is InChI=1S/C24H28FN3O2/c1-17-7-6-8-20(21(17)22(29)28-15-4-5-16-28)26-23(30)27-24(13-2-3-14-24)18-9-11-19(25)12-10-18/h6-12H,2-5,13-16H2,1H3,(H2,26,27,30). The second kappa shape index (κ2) is 8.46. The summed E-state index contributed by atoms with van der Waals surface area (Å²) in [6.07, 6.45) is 5.64. The van der Waals surface area contributed by atoms with Crippen LogP contribution >= 0.6 is 0 Å². The molecule has 1 aliphatic heterocycles. The topological polar surface area (TPSA) is 61.4 Å². The van der Waals surface area contributed by atoms with Crippen LogP contribution in [-0.2, 0) is 5.54 Å². The maximum atomic E-state index is 13.4. The Bertz CT molecular complexity index is 930. The number of urea groups is 1. The minimum absolute atomic E-state index is 0.0324. The Morgan fingerprint density at radius 2 is 1.63 bits per heavy atom. The summed E-state index contributed by atoms with van der Waals surface area (Å²) in [5, 5.41) is 6.05. The molecule has 1 aliphatic carbocycles. The van der Waals surface area contributed by atoms with Crippen LogP contribution in [0.2, 0.25) is 0 Å². The molecule has 2 fully saturated rings. The van der Waals surface area contributed by atoms with Crippen molar-refractivity contribution in [1.82, 2.24) is 10.2 Å². The van der Waals surface area contributed by atoms with Gasteiger partial charge >= 0.3 is 6.03 Å². The lowest BCUT2D eigenvalue weighted by atomic mass is 9.88. The zero-order valence-electron chi connectivity index (χ0n) is 17.3. The number of hydrogen-bond donors (Lipinski definition) is 2. The Hall–Kier alpha value is -2.89. The van der Waals surface area contributed by atoms with Crippen molar-refractivity contribution < 1.29 is 14.0 Å². The molecular weight excluding hydrogens is 381 g/mol. The second-order valence-corrected chi connectivity index (χ2v) is 8.37. The van der Waals surface area contributed by atoms with Gasteiger partial charge in [-0.15, -0.1) is 0 Å². The van der Waals surface area contributed by atoms with Crippen LogP contribution in [0.15, 0.2) is 42.5 Å². The van der Waals surface area contributed by atoms with Gasteiger partial charge < -0.3 is 15.5 Å². The Kier molecular flexibility index (Phi) is 5.75. The fraction of sp³-hybridized carbons (Fsp3) is 0.417. The van der Waals surface area contributed by atoms with Crippen molar-refractivity contribution in [1.29, 1.82) is 0 Å². The number of anilines is 1. The summed E-state index contributed by atoms with van der Waals surface area (Å²) in [6, 6.07) is 11.5. The Balaban J connectivity index is 1.56. The molecule has 1 heterocycles. The molecule has 0 atom stereocenters. The van der Waals surface area contributed by atoms with Gasteiger partial charge in [0.05, 0.1) is 16.8 Å². The Morgan fingerprint density at radius 1 is 0.967 bits per heavy atom. The molecule has 2 aliphatic rings. The van der Waals surface area contributed by atoms with Crippen LogP contribution in [0.25, 0.3) is 0 Å². The minimum Gasteiger partial charge on any atom is -0.339 e. The first-order chi connectivity index (χ1) is 14.5. The Labute approximate surface area is 176 Å². The molecule has 4 rings (SSSR count). The summed E-state index contributed by atoms with van der Waals surface area (Å²) < 4.78 is 13.4. The third kappa shape index (κ3) is 4.04. The van der Waals surface area contributed by atoms with E-state index in [1.165, 1.54) is 12.1 Å². The highest BCUT2D eigenvalue weighted by atomic mass is 19.1. The molecule has 2 aromatic carbocycles. The SMILES string of the molecule is Cc1cccc(NC(=O)NC2(c3ccc(F)cc3)CCCC2)c1C(=O)N1CCCC1. The van der Waals surface area contributed by atoms with Crippen LogP contribution in [0.3, 0.4) is 0 Å². The lowest BCUT2D eigenvalue weighted by Gasteiger charge is -2.31. The van der Waals surface area contributed by atoms with Crippen molar-refractivity contribution in [2.24, 2.45) is 0 Å². The number of rotatable bonds is 4. The third-order valence-electron chi connectivity index (χ3n) is 6.33.